The van der Waals surface area contributed by atoms with Crippen LogP contribution in [-0.4, -0.2) is 26.2 Å². The third-order valence-corrected chi connectivity index (χ3v) is 3.22. The summed E-state index contributed by atoms with van der Waals surface area (Å²) in [6, 6.07) is 5.92. The molecule has 3 N–H and O–H groups in total. The average molecular weight is 311 g/mol. The Bertz CT molecular complexity index is 920. The molecule has 0 saturated carbocycles. The molecule has 0 radical (unpaired) electrons. The molecular weight excluding hydrogens is 298 g/mol. The minimum absolute atomic E-state index is 0.0423. The maximum Gasteiger partial charge on any atom is 0.339 e. The van der Waals surface area contributed by atoms with Crippen LogP contribution in [0.2, 0.25) is 0 Å². The molecule has 0 atom stereocenters. The molecule has 0 unspecified atom stereocenters. The van der Waals surface area contributed by atoms with Gasteiger partial charge in [0.25, 0.3) is 5.56 Å². The number of benzene rings is 1. The highest BCUT2D eigenvalue weighted by Crippen LogP contribution is 2.21. The van der Waals surface area contributed by atoms with Gasteiger partial charge in [0.15, 0.2) is 0 Å². The van der Waals surface area contributed by atoms with E-state index in [0.717, 1.165) is 0 Å². The van der Waals surface area contributed by atoms with Gasteiger partial charge in [0.2, 0.25) is 0 Å². The molecule has 1 heterocycles. The second kappa shape index (κ2) is 6.15. The minimum atomic E-state index is -1.24. The van der Waals surface area contributed by atoms with E-state index in [1.165, 1.54) is 12.1 Å². The Hall–Kier alpha value is -3.40. The van der Waals surface area contributed by atoms with Crippen LogP contribution >= 0.6 is 0 Å². The number of carboxylic acids is 1. The first kappa shape index (κ1) is 16.0. The van der Waals surface area contributed by atoms with E-state index in [0.29, 0.717) is 16.8 Å². The number of aryl methyl sites for hydroxylation is 1. The summed E-state index contributed by atoms with van der Waals surface area (Å²) in [6.07, 6.45) is 1.62. The van der Waals surface area contributed by atoms with Crippen molar-refractivity contribution in [1.29, 1.82) is 5.26 Å². The van der Waals surface area contributed by atoms with Gasteiger partial charge in [-0.25, -0.2) is 9.78 Å². The van der Waals surface area contributed by atoms with E-state index in [2.05, 4.69) is 9.97 Å². The van der Waals surface area contributed by atoms with Crippen molar-refractivity contribution in [3.8, 4) is 11.8 Å². The van der Waals surface area contributed by atoms with Gasteiger partial charge in [0.05, 0.1) is 5.69 Å². The minimum Gasteiger partial charge on any atom is -0.507 e. The van der Waals surface area contributed by atoms with Crippen molar-refractivity contribution in [1.82, 2.24) is 9.97 Å². The number of nitrogens with one attached hydrogen (secondary N) is 1. The number of nitriles is 1. The lowest BCUT2D eigenvalue weighted by atomic mass is 10.1. The Morgan fingerprint density at radius 1 is 1.43 bits per heavy atom. The highest BCUT2D eigenvalue weighted by Gasteiger charge is 2.11. The number of H-pyrrole nitrogens is 1. The fraction of sp³-hybridized carbons (Fsp3) is 0.125. The van der Waals surface area contributed by atoms with Crippen LogP contribution in [0.5, 0.6) is 5.75 Å². The summed E-state index contributed by atoms with van der Waals surface area (Å²) in [6.45, 7) is 3.25. The fourth-order valence-corrected chi connectivity index (χ4v) is 2.04. The third kappa shape index (κ3) is 3.27. The van der Waals surface area contributed by atoms with Gasteiger partial charge in [-0.15, -0.1) is 0 Å². The molecule has 0 aliphatic rings. The summed E-state index contributed by atoms with van der Waals surface area (Å²) in [5.41, 5.74) is 0.637. The number of aromatic hydroxyl groups is 1. The number of nitrogens with zero attached hydrogens (tertiary/aromatic N) is 2. The summed E-state index contributed by atoms with van der Waals surface area (Å²) in [4.78, 5) is 29.5. The van der Waals surface area contributed by atoms with Crippen molar-refractivity contribution in [2.75, 3.05) is 0 Å². The largest absolute Gasteiger partial charge is 0.507 e. The third-order valence-electron chi connectivity index (χ3n) is 3.22. The number of allylic oxidation sites excluding steroid dienone is 1. The van der Waals surface area contributed by atoms with E-state index in [9.17, 15) is 14.7 Å². The fourth-order valence-electron chi connectivity index (χ4n) is 2.04. The summed E-state index contributed by atoms with van der Waals surface area (Å²) in [5.74, 6) is -1.28. The Morgan fingerprint density at radius 3 is 2.70 bits per heavy atom. The molecular formula is C16H13N3O4. The van der Waals surface area contributed by atoms with Crippen molar-refractivity contribution >= 4 is 17.6 Å². The summed E-state index contributed by atoms with van der Waals surface area (Å²) in [5, 5.41) is 27.4. The summed E-state index contributed by atoms with van der Waals surface area (Å²) < 4.78 is 0. The molecule has 7 heteroatoms. The van der Waals surface area contributed by atoms with Crippen LogP contribution < -0.4 is 5.56 Å². The lowest BCUT2D eigenvalue weighted by Gasteiger charge is -2.05. The van der Waals surface area contributed by atoms with Crippen molar-refractivity contribution in [2.45, 2.75) is 13.8 Å². The zero-order chi connectivity index (χ0) is 17.1. The van der Waals surface area contributed by atoms with Crippen LogP contribution in [0.25, 0.3) is 11.6 Å². The number of aromatic carboxylic acids is 1. The molecule has 0 aliphatic heterocycles. The Balaban J connectivity index is 2.49. The van der Waals surface area contributed by atoms with Gasteiger partial charge in [-0.05, 0) is 43.2 Å². The zero-order valence-corrected chi connectivity index (χ0v) is 12.4. The average Bonchev–Trinajstić information content (AvgIpc) is 2.48. The molecule has 2 rings (SSSR count). The molecule has 0 aliphatic carbocycles. The molecule has 1 aromatic heterocycles. The van der Waals surface area contributed by atoms with Crippen molar-refractivity contribution in [3.63, 3.8) is 0 Å². The lowest BCUT2D eigenvalue weighted by molar-refractivity contribution is 0.0693. The van der Waals surface area contributed by atoms with Gasteiger partial charge in [-0.1, -0.05) is 6.07 Å². The predicted octanol–water partition coefficient (Wildman–Crippen LogP) is 1.91. The number of hydrogen-bond donors (Lipinski definition) is 3. The number of carboxylic acid groups (broad SMARTS) is 1. The Morgan fingerprint density at radius 2 is 2.13 bits per heavy atom. The first-order chi connectivity index (χ1) is 10.8. The number of rotatable bonds is 3. The van der Waals surface area contributed by atoms with Gasteiger partial charge in [-0.2, -0.15) is 5.26 Å². The molecule has 0 bridgehead atoms. The number of aromatic nitrogens is 2. The lowest BCUT2D eigenvalue weighted by Crippen LogP contribution is -2.16. The van der Waals surface area contributed by atoms with E-state index < -0.39 is 11.5 Å². The molecule has 23 heavy (non-hydrogen) atoms. The molecule has 0 amide bonds. The molecule has 0 fully saturated rings. The quantitative estimate of drug-likeness (QED) is 0.794. The van der Waals surface area contributed by atoms with Crippen LogP contribution in [0.3, 0.4) is 0 Å². The number of aromatic amines is 1. The standard InChI is InChI=1S/C16H13N3O4/c1-8(14-18-9(2)12(7-17)15(21)19-14)5-10-3-4-13(20)11(6-10)16(22)23/h3-6,20H,1-2H3,(H,22,23)(H,18,19,21)/b8-5-. The SMILES string of the molecule is C/C(=C/c1ccc(O)c(C(=O)O)c1)c1nc(C)c(C#N)c(=O)[nH]1. The van der Waals surface area contributed by atoms with E-state index in [-0.39, 0.29) is 22.7 Å². The number of carbonyl (C=O) groups is 1. The maximum absolute atomic E-state index is 11.8. The first-order valence-corrected chi connectivity index (χ1v) is 6.59. The van der Waals surface area contributed by atoms with Gasteiger partial charge < -0.3 is 15.2 Å². The van der Waals surface area contributed by atoms with Crippen LogP contribution in [-0.2, 0) is 0 Å². The van der Waals surface area contributed by atoms with Crippen LogP contribution in [0.4, 0.5) is 0 Å². The molecule has 0 spiro atoms. The summed E-state index contributed by atoms with van der Waals surface area (Å²) >= 11 is 0. The highest BCUT2D eigenvalue weighted by atomic mass is 16.4. The molecule has 116 valence electrons. The smallest absolute Gasteiger partial charge is 0.339 e. The van der Waals surface area contributed by atoms with Crippen molar-refractivity contribution in [2.24, 2.45) is 0 Å². The summed E-state index contributed by atoms with van der Waals surface area (Å²) in [7, 11) is 0. The van der Waals surface area contributed by atoms with Gasteiger partial charge >= 0.3 is 5.97 Å². The van der Waals surface area contributed by atoms with E-state index in [1.54, 1.807) is 32.1 Å². The second-order valence-corrected chi connectivity index (χ2v) is 4.90. The molecule has 7 nitrogen and oxygen atoms in total. The van der Waals surface area contributed by atoms with Gasteiger partial charge in [0, 0.05) is 0 Å². The van der Waals surface area contributed by atoms with E-state index in [1.807, 2.05) is 0 Å². The Kier molecular flexibility index (Phi) is 4.27. The monoisotopic (exact) mass is 311 g/mol. The zero-order valence-electron chi connectivity index (χ0n) is 12.4. The normalized spacial score (nSPS) is 11.1. The van der Waals surface area contributed by atoms with Gasteiger partial charge in [0.1, 0.15) is 28.8 Å². The number of hydrogen-bond acceptors (Lipinski definition) is 5. The molecule has 0 saturated heterocycles. The topological polar surface area (TPSA) is 127 Å². The maximum atomic E-state index is 11.8. The first-order valence-electron chi connectivity index (χ1n) is 6.59. The van der Waals surface area contributed by atoms with Crippen LogP contribution in [0, 0.1) is 18.3 Å². The van der Waals surface area contributed by atoms with Crippen molar-refractivity contribution < 1.29 is 15.0 Å². The predicted molar refractivity (Wildman–Crippen MR) is 82.9 cm³/mol. The molecule has 2 aromatic rings. The highest BCUT2D eigenvalue weighted by molar-refractivity contribution is 5.92. The van der Waals surface area contributed by atoms with Crippen LogP contribution in [0.1, 0.15) is 39.9 Å². The van der Waals surface area contributed by atoms with E-state index in [4.69, 9.17) is 10.4 Å². The number of phenols is 1. The molecule has 1 aromatic carbocycles. The Labute approximate surface area is 131 Å². The van der Waals surface area contributed by atoms with E-state index >= 15 is 0 Å². The van der Waals surface area contributed by atoms with Crippen LogP contribution in [0.15, 0.2) is 23.0 Å². The second-order valence-electron chi connectivity index (χ2n) is 4.90. The van der Waals surface area contributed by atoms with Gasteiger partial charge in [-0.3, -0.25) is 4.79 Å². The van der Waals surface area contributed by atoms with Crippen molar-refractivity contribution in [3.05, 3.63) is 56.8 Å².